The van der Waals surface area contributed by atoms with Crippen molar-refractivity contribution < 1.29 is 0 Å². The van der Waals surface area contributed by atoms with Crippen LogP contribution in [0, 0.1) is 0 Å². The second-order valence-electron chi connectivity index (χ2n) is 9.08. The minimum absolute atomic E-state index is 0.683. The van der Waals surface area contributed by atoms with Gasteiger partial charge in [-0.3, -0.25) is 9.97 Å². The maximum atomic E-state index is 4.73. The average Bonchev–Trinajstić information content (AvgIpc) is 3.35. The van der Waals surface area contributed by atoms with E-state index in [4.69, 9.17) is 10.1 Å². The zero-order valence-electron chi connectivity index (χ0n) is 19.7. The molecule has 6 nitrogen and oxygen atoms in total. The molecule has 5 rings (SSSR count). The summed E-state index contributed by atoms with van der Waals surface area (Å²) in [6, 6.07) is 23.0. The molecule has 0 fully saturated rings. The van der Waals surface area contributed by atoms with Crippen LogP contribution in [-0.2, 0) is 6.42 Å². The van der Waals surface area contributed by atoms with E-state index in [-0.39, 0.29) is 0 Å². The van der Waals surface area contributed by atoms with Crippen LogP contribution >= 0.6 is 11.8 Å². The first-order chi connectivity index (χ1) is 16.4. The molecule has 5 aromatic rings. The molecular weight excluding hydrogens is 547 g/mol. The minimum atomic E-state index is -2.45. The normalized spacial score (nSPS) is 11.8. The van der Waals surface area contributed by atoms with E-state index in [0.717, 1.165) is 49.6 Å². The van der Waals surface area contributed by atoms with E-state index >= 15 is 0 Å². The van der Waals surface area contributed by atoms with Crippen LogP contribution in [0.15, 0.2) is 82.7 Å². The molecule has 0 N–H and O–H groups in total. The van der Waals surface area contributed by atoms with E-state index in [9.17, 15) is 0 Å². The molecule has 0 saturated heterocycles. The summed E-state index contributed by atoms with van der Waals surface area (Å²) in [5.74, 6) is 0.683. The molecule has 0 aliphatic heterocycles. The van der Waals surface area contributed by atoms with Crippen LogP contribution in [0.2, 0.25) is 14.8 Å². The van der Waals surface area contributed by atoms with Crippen LogP contribution < -0.4 is 0 Å². The van der Waals surface area contributed by atoms with Gasteiger partial charge >= 0.3 is 156 Å². The van der Waals surface area contributed by atoms with Crippen molar-refractivity contribution in [3.63, 3.8) is 0 Å². The molecule has 0 aliphatic carbocycles. The van der Waals surface area contributed by atoms with Crippen LogP contribution in [0.1, 0.15) is 12.6 Å². The minimum Gasteiger partial charge on any atom is -0.253 e. The third kappa shape index (κ3) is 4.72. The number of rotatable bonds is 6. The number of fused-ring (bicyclic) bond motifs is 1. The second-order valence-corrected chi connectivity index (χ2v) is 23.7. The summed E-state index contributed by atoms with van der Waals surface area (Å²) in [6.07, 6.45) is 2.72. The van der Waals surface area contributed by atoms with Gasteiger partial charge in [0.25, 0.3) is 0 Å². The number of aryl methyl sites for hydroxylation is 1. The maximum absolute atomic E-state index is 4.73. The SMILES string of the molecule is CCc1cc(Sc2ccc(-c3ccccc3-c3nn[n]([Sn]([CH3])([CH3])[CH3])n3)cc2)c2ncccc2n1. The van der Waals surface area contributed by atoms with Crippen molar-refractivity contribution in [1.82, 2.24) is 28.4 Å². The summed E-state index contributed by atoms with van der Waals surface area (Å²) >= 11 is -0.725. The van der Waals surface area contributed by atoms with Crippen LogP contribution in [0.3, 0.4) is 0 Å². The third-order valence-corrected chi connectivity index (χ3v) is 10.5. The number of benzene rings is 2. The van der Waals surface area contributed by atoms with Gasteiger partial charge in [0.05, 0.1) is 5.52 Å². The Kier molecular flexibility index (Phi) is 6.40. The molecule has 2 aromatic carbocycles. The molecule has 170 valence electrons. The standard InChI is InChI=1S/C23H17N6S.3CH3.Sn/c1-2-16-14-21(22-20(25-16)8-5-13-24-22)30-17-11-9-15(10-12-17)18-6-3-4-7-19(18)23-26-28-29-27-23;;;;/h3-14H,2H2,1H3;3*1H3;/q-1;;;;+1. The molecule has 0 spiro atoms. The summed E-state index contributed by atoms with van der Waals surface area (Å²) in [5.41, 5.74) is 6.19. The van der Waals surface area contributed by atoms with Gasteiger partial charge in [0, 0.05) is 11.9 Å². The number of nitrogens with zero attached hydrogens (tertiary/aromatic N) is 6. The van der Waals surface area contributed by atoms with Crippen LogP contribution in [0.5, 0.6) is 0 Å². The number of hydrogen-bond acceptors (Lipinski definition) is 6. The Morgan fingerprint density at radius 1 is 0.912 bits per heavy atom. The van der Waals surface area contributed by atoms with E-state index < -0.39 is 18.7 Å². The molecule has 0 atom stereocenters. The number of pyridine rings is 2. The topological polar surface area (TPSA) is 69.4 Å². The van der Waals surface area contributed by atoms with E-state index in [0.29, 0.717) is 5.82 Å². The first-order valence-corrected chi connectivity index (χ1v) is 22.0. The first-order valence-electron chi connectivity index (χ1n) is 11.4. The third-order valence-electron chi connectivity index (χ3n) is 5.52. The predicted octanol–water partition coefficient (Wildman–Crippen LogP) is 6.35. The second kappa shape index (κ2) is 9.46. The Bertz CT molecular complexity index is 1460. The van der Waals surface area contributed by atoms with Crippen molar-refractivity contribution in [3.05, 3.63) is 78.6 Å². The average molecular weight is 573 g/mol. The van der Waals surface area contributed by atoms with E-state index in [1.807, 2.05) is 27.4 Å². The number of aromatic nitrogens is 6. The monoisotopic (exact) mass is 574 g/mol. The number of hydrogen-bond donors (Lipinski definition) is 0. The van der Waals surface area contributed by atoms with Crippen molar-refractivity contribution in [3.8, 4) is 22.5 Å². The Balaban J connectivity index is 1.47. The summed E-state index contributed by atoms with van der Waals surface area (Å²) < 4.78 is 1.87. The summed E-state index contributed by atoms with van der Waals surface area (Å²) in [6.45, 7) is 2.13. The molecule has 3 heterocycles. The smallest absolute Gasteiger partial charge is 0.253 e. The van der Waals surface area contributed by atoms with Gasteiger partial charge in [0.2, 0.25) is 0 Å². The fourth-order valence-electron chi connectivity index (χ4n) is 3.71. The van der Waals surface area contributed by atoms with Crippen molar-refractivity contribution >= 4 is 41.4 Å². The molecule has 34 heavy (non-hydrogen) atoms. The Labute approximate surface area is 208 Å². The molecule has 0 bridgehead atoms. The van der Waals surface area contributed by atoms with Gasteiger partial charge in [-0.15, -0.1) is 0 Å². The van der Waals surface area contributed by atoms with Crippen molar-refractivity contribution in [2.45, 2.75) is 38.0 Å². The first kappa shape index (κ1) is 23.0. The molecule has 0 amide bonds. The van der Waals surface area contributed by atoms with Crippen molar-refractivity contribution in [1.29, 1.82) is 0 Å². The summed E-state index contributed by atoms with van der Waals surface area (Å²) in [4.78, 5) is 18.4. The quantitative estimate of drug-likeness (QED) is 0.221. The summed E-state index contributed by atoms with van der Waals surface area (Å²) in [5, 5.41) is 13.5. The fraction of sp³-hybridized carbons (Fsp3) is 0.192. The van der Waals surface area contributed by atoms with E-state index in [1.54, 1.807) is 11.8 Å². The molecule has 8 heteroatoms. The van der Waals surface area contributed by atoms with Crippen molar-refractivity contribution in [2.75, 3.05) is 0 Å². The molecular formula is C26H26N6SSn. The van der Waals surface area contributed by atoms with Gasteiger partial charge in [-0.25, -0.2) is 0 Å². The van der Waals surface area contributed by atoms with Crippen molar-refractivity contribution in [2.24, 2.45) is 0 Å². The molecule has 0 unspecified atom stereocenters. The van der Waals surface area contributed by atoms with Gasteiger partial charge in [-0.05, 0) is 18.6 Å². The van der Waals surface area contributed by atoms with E-state index in [2.05, 4.69) is 85.6 Å². The molecule has 0 radical (unpaired) electrons. The van der Waals surface area contributed by atoms with Gasteiger partial charge in [0.15, 0.2) is 0 Å². The Morgan fingerprint density at radius 2 is 1.68 bits per heavy atom. The zero-order valence-corrected chi connectivity index (χ0v) is 23.4. The molecule has 0 aliphatic rings. The van der Waals surface area contributed by atoms with Gasteiger partial charge in [0.1, 0.15) is 0 Å². The van der Waals surface area contributed by atoms with Gasteiger partial charge < -0.3 is 0 Å². The Hall–Kier alpha value is -2.78. The predicted molar refractivity (Wildman–Crippen MR) is 140 cm³/mol. The van der Waals surface area contributed by atoms with E-state index in [1.165, 1.54) is 0 Å². The van der Waals surface area contributed by atoms with Crippen LogP contribution in [-0.4, -0.2) is 47.0 Å². The van der Waals surface area contributed by atoms with Crippen LogP contribution in [0.25, 0.3) is 33.5 Å². The summed E-state index contributed by atoms with van der Waals surface area (Å²) in [7, 11) is 0. The molecule has 0 saturated carbocycles. The number of tetrazole rings is 1. The van der Waals surface area contributed by atoms with Gasteiger partial charge in [-0.1, -0.05) is 6.92 Å². The molecule has 3 aromatic heterocycles. The fourth-order valence-corrected chi connectivity index (χ4v) is 6.70. The van der Waals surface area contributed by atoms with Crippen LogP contribution in [0.4, 0.5) is 0 Å². The Morgan fingerprint density at radius 3 is 2.38 bits per heavy atom. The van der Waals surface area contributed by atoms with Gasteiger partial charge in [-0.2, -0.15) is 0 Å². The zero-order chi connectivity index (χ0) is 23.7.